The van der Waals surface area contributed by atoms with E-state index in [1.54, 1.807) is 11.3 Å². The standard InChI is InChI=1S/C9H15N3S/c1-2-9-11-8(7-13-9)12-5-3-10-4-6-12/h7,10H,2-6H2,1H3. The number of piperazine rings is 1. The molecule has 72 valence electrons. The lowest BCUT2D eigenvalue weighted by molar-refractivity contribution is 0.585. The van der Waals surface area contributed by atoms with Crippen LogP contribution >= 0.6 is 11.3 Å². The molecule has 2 rings (SSSR count). The van der Waals surface area contributed by atoms with Gasteiger partial charge in [-0.3, -0.25) is 0 Å². The summed E-state index contributed by atoms with van der Waals surface area (Å²) < 4.78 is 0. The molecule has 0 bridgehead atoms. The van der Waals surface area contributed by atoms with Gasteiger partial charge in [0.25, 0.3) is 0 Å². The van der Waals surface area contributed by atoms with Crippen LogP contribution in [0.1, 0.15) is 11.9 Å². The molecule has 1 aliphatic heterocycles. The Hall–Kier alpha value is -0.610. The maximum absolute atomic E-state index is 4.57. The van der Waals surface area contributed by atoms with E-state index in [0.29, 0.717) is 0 Å². The maximum Gasteiger partial charge on any atom is 0.139 e. The van der Waals surface area contributed by atoms with E-state index in [-0.39, 0.29) is 0 Å². The van der Waals surface area contributed by atoms with Crippen molar-refractivity contribution < 1.29 is 0 Å². The number of rotatable bonds is 2. The summed E-state index contributed by atoms with van der Waals surface area (Å²) in [5.41, 5.74) is 0. The van der Waals surface area contributed by atoms with Gasteiger partial charge in [0, 0.05) is 31.6 Å². The van der Waals surface area contributed by atoms with Gasteiger partial charge in [0.1, 0.15) is 5.82 Å². The molecule has 0 radical (unpaired) electrons. The van der Waals surface area contributed by atoms with E-state index in [2.05, 4.69) is 27.5 Å². The van der Waals surface area contributed by atoms with Gasteiger partial charge in [-0.25, -0.2) is 4.98 Å². The summed E-state index contributed by atoms with van der Waals surface area (Å²) in [4.78, 5) is 6.92. The second kappa shape index (κ2) is 4.07. The first-order chi connectivity index (χ1) is 6.40. The zero-order valence-corrected chi connectivity index (χ0v) is 8.73. The van der Waals surface area contributed by atoms with Crippen LogP contribution in [0.15, 0.2) is 5.38 Å². The lowest BCUT2D eigenvalue weighted by Gasteiger charge is -2.27. The molecule has 1 saturated heterocycles. The molecule has 0 aromatic carbocycles. The summed E-state index contributed by atoms with van der Waals surface area (Å²) in [6.07, 6.45) is 1.05. The predicted molar refractivity (Wildman–Crippen MR) is 56.6 cm³/mol. The Labute approximate surface area is 82.8 Å². The van der Waals surface area contributed by atoms with Crippen molar-refractivity contribution in [1.82, 2.24) is 10.3 Å². The van der Waals surface area contributed by atoms with E-state index in [1.165, 1.54) is 10.8 Å². The van der Waals surface area contributed by atoms with Gasteiger partial charge in [-0.2, -0.15) is 0 Å². The molecule has 1 aromatic rings. The molecule has 0 amide bonds. The maximum atomic E-state index is 4.57. The number of hydrogen-bond acceptors (Lipinski definition) is 4. The highest BCUT2D eigenvalue weighted by molar-refractivity contribution is 7.10. The van der Waals surface area contributed by atoms with Gasteiger partial charge >= 0.3 is 0 Å². The molecule has 1 aliphatic rings. The van der Waals surface area contributed by atoms with Crippen LogP contribution in [0.2, 0.25) is 0 Å². The van der Waals surface area contributed by atoms with Crippen LogP contribution in [0.25, 0.3) is 0 Å². The van der Waals surface area contributed by atoms with E-state index in [1.807, 2.05) is 0 Å². The third kappa shape index (κ3) is 2.00. The number of nitrogens with one attached hydrogen (secondary N) is 1. The number of aromatic nitrogens is 1. The average Bonchev–Trinajstić information content (AvgIpc) is 2.67. The third-order valence-electron chi connectivity index (χ3n) is 2.28. The van der Waals surface area contributed by atoms with Crippen molar-refractivity contribution in [2.75, 3.05) is 31.1 Å². The van der Waals surface area contributed by atoms with Gasteiger partial charge in [0.15, 0.2) is 0 Å². The molecule has 0 saturated carbocycles. The highest BCUT2D eigenvalue weighted by atomic mass is 32.1. The predicted octanol–water partition coefficient (Wildman–Crippen LogP) is 1.12. The molecule has 0 atom stereocenters. The van der Waals surface area contributed by atoms with Gasteiger partial charge < -0.3 is 10.2 Å². The molecular weight excluding hydrogens is 182 g/mol. The van der Waals surface area contributed by atoms with Gasteiger partial charge in [-0.15, -0.1) is 11.3 Å². The largest absolute Gasteiger partial charge is 0.353 e. The fourth-order valence-electron chi connectivity index (χ4n) is 1.50. The Morgan fingerprint density at radius 1 is 1.54 bits per heavy atom. The number of hydrogen-bond donors (Lipinski definition) is 1. The van der Waals surface area contributed by atoms with Crippen molar-refractivity contribution in [3.63, 3.8) is 0 Å². The second-order valence-electron chi connectivity index (χ2n) is 3.19. The highest BCUT2D eigenvalue weighted by Crippen LogP contribution is 2.18. The van der Waals surface area contributed by atoms with Crippen LogP contribution < -0.4 is 10.2 Å². The van der Waals surface area contributed by atoms with Gasteiger partial charge in [0.2, 0.25) is 0 Å². The summed E-state index contributed by atoms with van der Waals surface area (Å²) in [5.74, 6) is 1.17. The minimum atomic E-state index is 1.05. The Kier molecular flexibility index (Phi) is 2.80. The van der Waals surface area contributed by atoms with Crippen LogP contribution in [-0.4, -0.2) is 31.2 Å². The molecule has 4 heteroatoms. The SMILES string of the molecule is CCc1nc(N2CCNCC2)cs1. The van der Waals surface area contributed by atoms with Crippen molar-refractivity contribution in [2.45, 2.75) is 13.3 Å². The van der Waals surface area contributed by atoms with Gasteiger partial charge in [0.05, 0.1) is 5.01 Å². The van der Waals surface area contributed by atoms with E-state index >= 15 is 0 Å². The summed E-state index contributed by atoms with van der Waals surface area (Å²) in [6.45, 7) is 6.50. The molecule has 2 heterocycles. The lowest BCUT2D eigenvalue weighted by Crippen LogP contribution is -2.43. The first kappa shape index (κ1) is 8.97. The molecule has 1 aromatic heterocycles. The average molecular weight is 197 g/mol. The zero-order valence-electron chi connectivity index (χ0n) is 7.92. The summed E-state index contributed by atoms with van der Waals surface area (Å²) in [5, 5.41) is 6.75. The second-order valence-corrected chi connectivity index (χ2v) is 4.13. The monoisotopic (exact) mass is 197 g/mol. The van der Waals surface area contributed by atoms with Crippen LogP contribution in [0.5, 0.6) is 0 Å². The van der Waals surface area contributed by atoms with Gasteiger partial charge in [-0.1, -0.05) is 6.92 Å². The van der Waals surface area contributed by atoms with Crippen molar-refractivity contribution >= 4 is 17.2 Å². The van der Waals surface area contributed by atoms with Crippen LogP contribution in [0, 0.1) is 0 Å². The number of anilines is 1. The molecular formula is C9H15N3S. The minimum absolute atomic E-state index is 1.05. The van der Waals surface area contributed by atoms with Crippen LogP contribution in [0.4, 0.5) is 5.82 Å². The Bertz CT molecular complexity index is 266. The Morgan fingerprint density at radius 3 is 2.92 bits per heavy atom. The summed E-state index contributed by atoms with van der Waals surface area (Å²) in [7, 11) is 0. The van der Waals surface area contributed by atoms with Crippen molar-refractivity contribution in [2.24, 2.45) is 0 Å². The molecule has 1 fully saturated rings. The van der Waals surface area contributed by atoms with E-state index in [0.717, 1.165) is 32.6 Å². The Morgan fingerprint density at radius 2 is 2.31 bits per heavy atom. The first-order valence-corrected chi connectivity index (χ1v) is 5.68. The fourth-order valence-corrected chi connectivity index (χ4v) is 2.26. The van der Waals surface area contributed by atoms with E-state index in [4.69, 9.17) is 0 Å². The smallest absolute Gasteiger partial charge is 0.139 e. The van der Waals surface area contributed by atoms with E-state index < -0.39 is 0 Å². The fraction of sp³-hybridized carbons (Fsp3) is 0.667. The number of nitrogens with zero attached hydrogens (tertiary/aromatic N) is 2. The molecule has 0 spiro atoms. The number of aryl methyl sites for hydroxylation is 1. The summed E-state index contributed by atoms with van der Waals surface area (Å²) >= 11 is 1.77. The molecule has 13 heavy (non-hydrogen) atoms. The van der Waals surface area contributed by atoms with Crippen molar-refractivity contribution in [3.05, 3.63) is 10.4 Å². The van der Waals surface area contributed by atoms with Crippen LogP contribution in [0.3, 0.4) is 0 Å². The molecule has 0 aliphatic carbocycles. The van der Waals surface area contributed by atoms with Crippen molar-refractivity contribution in [1.29, 1.82) is 0 Å². The highest BCUT2D eigenvalue weighted by Gasteiger charge is 2.12. The van der Waals surface area contributed by atoms with E-state index in [9.17, 15) is 0 Å². The molecule has 3 nitrogen and oxygen atoms in total. The molecule has 0 unspecified atom stereocenters. The minimum Gasteiger partial charge on any atom is -0.353 e. The number of thiazole rings is 1. The van der Waals surface area contributed by atoms with Crippen molar-refractivity contribution in [3.8, 4) is 0 Å². The van der Waals surface area contributed by atoms with Crippen LogP contribution in [-0.2, 0) is 6.42 Å². The molecule has 1 N–H and O–H groups in total. The quantitative estimate of drug-likeness (QED) is 0.770. The first-order valence-electron chi connectivity index (χ1n) is 4.80. The summed E-state index contributed by atoms with van der Waals surface area (Å²) in [6, 6.07) is 0. The lowest BCUT2D eigenvalue weighted by atomic mass is 10.4. The third-order valence-corrected chi connectivity index (χ3v) is 3.26. The zero-order chi connectivity index (χ0) is 9.10. The normalized spacial score (nSPS) is 17.8. The topological polar surface area (TPSA) is 28.2 Å². The Balaban J connectivity index is 2.05. The van der Waals surface area contributed by atoms with Gasteiger partial charge in [-0.05, 0) is 6.42 Å².